The monoisotopic (exact) mass is 659 g/mol. The summed E-state index contributed by atoms with van der Waals surface area (Å²) in [6.45, 7) is 7.06. The summed E-state index contributed by atoms with van der Waals surface area (Å²) >= 11 is 11.8. The number of nitrogens with one attached hydrogen (secondary N) is 1. The molecule has 44 heavy (non-hydrogen) atoms. The van der Waals surface area contributed by atoms with Gasteiger partial charge in [0.05, 0.1) is 26.8 Å². The van der Waals surface area contributed by atoms with E-state index in [0.717, 1.165) is 10.9 Å². The van der Waals surface area contributed by atoms with Crippen molar-refractivity contribution in [2.75, 3.05) is 30.9 Å². The molecular weight excluding hydrogens is 629 g/mol. The number of piperazine rings is 1. The molecule has 0 saturated carbocycles. The van der Waals surface area contributed by atoms with Crippen LogP contribution < -0.4 is 9.46 Å². The lowest BCUT2D eigenvalue weighted by molar-refractivity contribution is 0.0139. The van der Waals surface area contributed by atoms with E-state index in [2.05, 4.69) is 9.71 Å². The second kappa shape index (κ2) is 12.2. The van der Waals surface area contributed by atoms with Crippen LogP contribution in [0.15, 0.2) is 65.7 Å². The Labute approximate surface area is 265 Å². The smallest absolute Gasteiger partial charge is 0.410 e. The molecule has 2 amide bonds. The lowest BCUT2D eigenvalue weighted by Gasteiger charge is -2.35. The summed E-state index contributed by atoms with van der Waals surface area (Å²) in [7, 11) is -2.08. The molecule has 4 aromatic rings. The topological polar surface area (TPSA) is 123 Å². The number of carbonyl (C=O) groups excluding carboxylic acids is 2. The van der Waals surface area contributed by atoms with Crippen molar-refractivity contribution in [3.8, 4) is 11.6 Å². The van der Waals surface area contributed by atoms with Gasteiger partial charge in [0.25, 0.3) is 15.9 Å². The molecule has 0 spiro atoms. The summed E-state index contributed by atoms with van der Waals surface area (Å²) < 4.78 is 41.0. The number of hydrogen-bond acceptors (Lipinski definition) is 7. The Morgan fingerprint density at radius 2 is 1.61 bits per heavy atom. The maximum Gasteiger partial charge on any atom is 0.410 e. The number of aromatic nitrogens is 2. The first-order chi connectivity index (χ1) is 20.7. The fourth-order valence-electron chi connectivity index (χ4n) is 4.66. The van der Waals surface area contributed by atoms with E-state index in [1.807, 2.05) is 38.5 Å². The molecule has 1 saturated heterocycles. The molecule has 0 unspecified atom stereocenters. The van der Waals surface area contributed by atoms with Crippen molar-refractivity contribution >= 4 is 61.8 Å². The molecule has 3 heterocycles. The molecule has 2 aromatic heterocycles. The quantitative estimate of drug-likeness (QED) is 0.263. The van der Waals surface area contributed by atoms with Gasteiger partial charge in [-0.1, -0.05) is 23.2 Å². The summed E-state index contributed by atoms with van der Waals surface area (Å²) in [4.78, 5) is 33.3. The van der Waals surface area contributed by atoms with E-state index >= 15 is 0 Å². The van der Waals surface area contributed by atoms with Crippen LogP contribution in [0.3, 0.4) is 0 Å². The number of anilines is 1. The molecule has 0 radical (unpaired) electrons. The van der Waals surface area contributed by atoms with E-state index in [1.165, 1.54) is 36.5 Å². The number of nitrogens with zero attached hydrogens (tertiary/aromatic N) is 4. The van der Waals surface area contributed by atoms with Gasteiger partial charge in [0, 0.05) is 50.2 Å². The first kappa shape index (κ1) is 31.4. The van der Waals surface area contributed by atoms with Gasteiger partial charge < -0.3 is 23.8 Å². The minimum atomic E-state index is -3.91. The maximum absolute atomic E-state index is 13.4. The highest BCUT2D eigenvalue weighted by molar-refractivity contribution is 7.92. The molecule has 11 nitrogen and oxygen atoms in total. The van der Waals surface area contributed by atoms with E-state index in [4.69, 9.17) is 32.7 Å². The van der Waals surface area contributed by atoms with Crippen LogP contribution in [0, 0.1) is 0 Å². The fourth-order valence-corrected chi connectivity index (χ4v) is 6.09. The molecule has 0 atom stereocenters. The molecule has 1 aliphatic rings. The van der Waals surface area contributed by atoms with Crippen LogP contribution in [0.1, 0.15) is 31.3 Å². The number of halogens is 2. The third-order valence-electron chi connectivity index (χ3n) is 6.86. The van der Waals surface area contributed by atoms with Gasteiger partial charge in [-0.3, -0.25) is 9.52 Å². The van der Waals surface area contributed by atoms with Gasteiger partial charge in [-0.2, -0.15) is 0 Å². The van der Waals surface area contributed by atoms with Gasteiger partial charge in [0.2, 0.25) is 5.88 Å². The number of benzene rings is 2. The van der Waals surface area contributed by atoms with Crippen LogP contribution >= 0.6 is 23.2 Å². The van der Waals surface area contributed by atoms with Gasteiger partial charge in [0.1, 0.15) is 17.0 Å². The third-order valence-corrected chi connectivity index (χ3v) is 8.98. The number of aryl methyl sites for hydroxylation is 1. The number of fused-ring (bicyclic) bond motifs is 1. The van der Waals surface area contributed by atoms with Crippen LogP contribution in [0.2, 0.25) is 10.0 Å². The van der Waals surface area contributed by atoms with Gasteiger partial charge >= 0.3 is 6.09 Å². The second-order valence-electron chi connectivity index (χ2n) is 11.2. The minimum absolute atomic E-state index is 0.0377. The molecule has 2 aromatic carbocycles. The summed E-state index contributed by atoms with van der Waals surface area (Å²) in [5.41, 5.74) is 1.01. The molecule has 0 bridgehead atoms. The number of carbonyl (C=O) groups is 2. The van der Waals surface area contributed by atoms with E-state index in [-0.39, 0.29) is 38.5 Å². The Morgan fingerprint density at radius 3 is 2.25 bits per heavy atom. The first-order valence-electron chi connectivity index (χ1n) is 13.7. The van der Waals surface area contributed by atoms with E-state index in [0.29, 0.717) is 37.6 Å². The normalized spacial score (nSPS) is 14.0. The zero-order valence-electron chi connectivity index (χ0n) is 24.5. The second-order valence-corrected chi connectivity index (χ2v) is 13.7. The van der Waals surface area contributed by atoms with Crippen LogP contribution in [0.4, 0.5) is 10.5 Å². The zero-order chi connectivity index (χ0) is 31.8. The largest absolute Gasteiger partial charge is 0.444 e. The molecular formula is C30H31Cl2N5O6S. The highest BCUT2D eigenvalue weighted by Gasteiger charge is 2.29. The molecule has 5 rings (SSSR count). The number of amides is 2. The van der Waals surface area contributed by atoms with Crippen LogP contribution in [0.5, 0.6) is 11.6 Å². The average molecular weight is 661 g/mol. The minimum Gasteiger partial charge on any atom is -0.444 e. The summed E-state index contributed by atoms with van der Waals surface area (Å²) in [6, 6.07) is 14.3. The van der Waals surface area contributed by atoms with Crippen molar-refractivity contribution in [2.24, 2.45) is 7.05 Å². The predicted octanol–water partition coefficient (Wildman–Crippen LogP) is 6.17. The number of pyridine rings is 1. The Morgan fingerprint density at radius 1 is 0.909 bits per heavy atom. The Bertz CT molecular complexity index is 1830. The van der Waals surface area contributed by atoms with Crippen molar-refractivity contribution in [3.63, 3.8) is 0 Å². The lowest BCUT2D eigenvalue weighted by Crippen LogP contribution is -2.51. The van der Waals surface area contributed by atoms with Crippen LogP contribution in [-0.2, 0) is 21.8 Å². The standard InChI is InChI=1S/C30H31Cl2N5O6S/c1-30(2,3)43-29(39)37-13-11-36(12-14-37)28(38)26-16-19-15-21(6-9-25(19)35(26)4)42-27-10-5-20(18-33-27)34-44(40,41)22-7-8-23(31)24(32)17-22/h5-10,15-18,34H,11-14H2,1-4H3. The highest BCUT2D eigenvalue weighted by atomic mass is 35.5. The van der Waals surface area contributed by atoms with E-state index in [9.17, 15) is 18.0 Å². The van der Waals surface area contributed by atoms with Gasteiger partial charge in [-0.25, -0.2) is 18.2 Å². The number of rotatable bonds is 6. The molecule has 0 aliphatic carbocycles. The molecule has 232 valence electrons. The Balaban J connectivity index is 1.23. The summed E-state index contributed by atoms with van der Waals surface area (Å²) in [5.74, 6) is 0.609. The molecule has 14 heteroatoms. The SMILES string of the molecule is Cn1c(C(=O)N2CCN(C(=O)OC(C)(C)C)CC2)cc2cc(Oc3ccc(NS(=O)(=O)c4ccc(Cl)c(Cl)c4)cn3)ccc21. The maximum atomic E-state index is 13.4. The summed E-state index contributed by atoms with van der Waals surface area (Å²) in [5, 5.41) is 1.17. The number of hydrogen-bond donors (Lipinski definition) is 1. The van der Waals surface area contributed by atoms with Crippen molar-refractivity contribution in [3.05, 3.63) is 76.5 Å². The van der Waals surface area contributed by atoms with Gasteiger partial charge in [0.15, 0.2) is 0 Å². The van der Waals surface area contributed by atoms with Gasteiger partial charge in [-0.05, 0) is 69.3 Å². The highest BCUT2D eigenvalue weighted by Crippen LogP contribution is 2.29. The van der Waals surface area contributed by atoms with Crippen molar-refractivity contribution in [1.82, 2.24) is 19.4 Å². The number of ether oxygens (including phenoxy) is 2. The first-order valence-corrected chi connectivity index (χ1v) is 15.9. The van der Waals surface area contributed by atoms with Crippen molar-refractivity contribution < 1.29 is 27.5 Å². The average Bonchev–Trinajstić information content (AvgIpc) is 3.29. The van der Waals surface area contributed by atoms with Gasteiger partial charge in [-0.15, -0.1) is 0 Å². The van der Waals surface area contributed by atoms with E-state index < -0.39 is 15.6 Å². The predicted molar refractivity (Wildman–Crippen MR) is 168 cm³/mol. The van der Waals surface area contributed by atoms with Crippen molar-refractivity contribution in [1.29, 1.82) is 0 Å². The molecule has 1 fully saturated rings. The zero-order valence-corrected chi connectivity index (χ0v) is 26.8. The van der Waals surface area contributed by atoms with Crippen LogP contribution in [0.25, 0.3) is 10.9 Å². The number of sulfonamides is 1. The Hall–Kier alpha value is -4.00. The van der Waals surface area contributed by atoms with E-state index in [1.54, 1.807) is 28.0 Å². The van der Waals surface area contributed by atoms with Crippen LogP contribution in [-0.4, -0.2) is 71.5 Å². The fraction of sp³-hybridized carbons (Fsp3) is 0.300. The van der Waals surface area contributed by atoms with Crippen molar-refractivity contribution in [2.45, 2.75) is 31.3 Å². The molecule has 1 aliphatic heterocycles. The lowest BCUT2D eigenvalue weighted by atomic mass is 10.2. The third kappa shape index (κ3) is 7.03. The summed E-state index contributed by atoms with van der Waals surface area (Å²) in [6.07, 6.45) is 0.959. The molecule has 1 N–H and O–H groups in total. The Kier molecular flexibility index (Phi) is 8.70.